The summed E-state index contributed by atoms with van der Waals surface area (Å²) in [6, 6.07) is 1.65. The number of hydrogen-bond acceptors (Lipinski definition) is 4. The summed E-state index contributed by atoms with van der Waals surface area (Å²) in [5, 5.41) is 19.0. The molecule has 1 heterocycles. The molecular weight excluding hydrogens is 304 g/mol. The molecule has 0 bridgehead atoms. The molecule has 1 aliphatic rings. The minimum absolute atomic E-state index is 0.0456. The minimum Gasteiger partial charge on any atom is -0.493 e. The van der Waals surface area contributed by atoms with Crippen molar-refractivity contribution in [2.75, 3.05) is 0 Å². The van der Waals surface area contributed by atoms with Crippen LogP contribution in [0.1, 0.15) is 34.7 Å². The molecule has 2 aromatic rings. The van der Waals surface area contributed by atoms with E-state index in [2.05, 4.69) is 9.97 Å². The van der Waals surface area contributed by atoms with Gasteiger partial charge in [0, 0.05) is 11.5 Å². The van der Waals surface area contributed by atoms with E-state index in [0.717, 1.165) is 12.1 Å². The van der Waals surface area contributed by atoms with E-state index in [9.17, 15) is 27.8 Å². The van der Waals surface area contributed by atoms with Crippen molar-refractivity contribution < 1.29 is 27.8 Å². The van der Waals surface area contributed by atoms with Crippen molar-refractivity contribution in [3.63, 3.8) is 0 Å². The van der Waals surface area contributed by atoms with Gasteiger partial charge in [-0.2, -0.15) is 23.1 Å². The van der Waals surface area contributed by atoms with Crippen LogP contribution in [0.5, 0.6) is 11.9 Å². The molecule has 1 atom stereocenters. The number of fused-ring (bicyclic) bond motifs is 1. The first-order valence-electron chi connectivity index (χ1n) is 6.42. The zero-order chi connectivity index (χ0) is 16.1. The molecule has 0 radical (unpaired) electrons. The van der Waals surface area contributed by atoms with Crippen LogP contribution in [0.25, 0.3) is 0 Å². The van der Waals surface area contributed by atoms with Gasteiger partial charge in [0.05, 0.1) is 11.3 Å². The molecule has 0 amide bonds. The summed E-state index contributed by atoms with van der Waals surface area (Å²) in [6.07, 6.45) is -3.90. The Balaban J connectivity index is 2.05. The van der Waals surface area contributed by atoms with Crippen LogP contribution in [-0.4, -0.2) is 20.2 Å². The summed E-state index contributed by atoms with van der Waals surface area (Å²) in [5.74, 6) is -2.01. The molecule has 116 valence electrons. The third-order valence-corrected chi connectivity index (χ3v) is 3.72. The van der Waals surface area contributed by atoms with Gasteiger partial charge in [-0.1, -0.05) is 6.07 Å². The second-order valence-corrected chi connectivity index (χ2v) is 5.04. The molecule has 2 N–H and O–H groups in total. The van der Waals surface area contributed by atoms with Gasteiger partial charge in [0.2, 0.25) is 5.88 Å². The summed E-state index contributed by atoms with van der Waals surface area (Å²) in [5.41, 5.74) is -0.407. The van der Waals surface area contributed by atoms with E-state index >= 15 is 0 Å². The number of benzene rings is 1. The maximum atomic E-state index is 14.1. The lowest BCUT2D eigenvalue weighted by Gasteiger charge is -2.14. The van der Waals surface area contributed by atoms with Crippen molar-refractivity contribution >= 4 is 0 Å². The lowest BCUT2D eigenvalue weighted by molar-refractivity contribution is -0.137. The van der Waals surface area contributed by atoms with E-state index in [0.29, 0.717) is 24.5 Å². The first-order valence-corrected chi connectivity index (χ1v) is 6.42. The first kappa shape index (κ1) is 14.6. The lowest BCUT2D eigenvalue weighted by atomic mass is 9.95. The number of halogens is 4. The van der Waals surface area contributed by atoms with Gasteiger partial charge in [-0.3, -0.25) is 0 Å². The molecule has 8 heteroatoms. The van der Waals surface area contributed by atoms with E-state index in [4.69, 9.17) is 0 Å². The topological polar surface area (TPSA) is 66.2 Å². The van der Waals surface area contributed by atoms with Gasteiger partial charge in [0.15, 0.2) is 0 Å². The molecule has 4 nitrogen and oxygen atoms in total. The number of aromatic hydroxyl groups is 2. The van der Waals surface area contributed by atoms with Crippen molar-refractivity contribution in [2.24, 2.45) is 0 Å². The fourth-order valence-electron chi connectivity index (χ4n) is 2.72. The Morgan fingerprint density at radius 2 is 1.86 bits per heavy atom. The molecule has 0 spiro atoms. The predicted octanol–water partition coefficient (Wildman–Crippen LogP) is 3.12. The fourth-order valence-corrected chi connectivity index (χ4v) is 2.72. The summed E-state index contributed by atoms with van der Waals surface area (Å²) in [4.78, 5) is 7.18. The Labute approximate surface area is 122 Å². The maximum Gasteiger partial charge on any atom is 0.416 e. The molecule has 1 aromatic carbocycles. The Morgan fingerprint density at radius 1 is 1.14 bits per heavy atom. The normalized spacial score (nSPS) is 17.5. The highest BCUT2D eigenvalue weighted by Crippen LogP contribution is 2.42. The van der Waals surface area contributed by atoms with Crippen LogP contribution in [0, 0.1) is 5.82 Å². The van der Waals surface area contributed by atoms with Crippen molar-refractivity contribution in [1.82, 2.24) is 9.97 Å². The highest BCUT2D eigenvalue weighted by Gasteiger charge is 2.34. The highest BCUT2D eigenvalue weighted by molar-refractivity contribution is 5.44. The molecule has 1 aliphatic carbocycles. The van der Waals surface area contributed by atoms with E-state index < -0.39 is 35.4 Å². The molecule has 0 aliphatic heterocycles. The molecule has 3 rings (SSSR count). The first-order chi connectivity index (χ1) is 10.3. The number of hydrogen-bond donors (Lipinski definition) is 2. The number of rotatable bonds is 1. The largest absolute Gasteiger partial charge is 0.493 e. The van der Waals surface area contributed by atoms with Crippen molar-refractivity contribution in [3.8, 4) is 11.9 Å². The second kappa shape index (κ2) is 4.82. The van der Waals surface area contributed by atoms with Gasteiger partial charge in [0.1, 0.15) is 5.82 Å². The predicted molar refractivity (Wildman–Crippen MR) is 66.9 cm³/mol. The van der Waals surface area contributed by atoms with Gasteiger partial charge < -0.3 is 10.2 Å². The molecule has 0 saturated heterocycles. The Bertz CT molecular complexity index is 746. The van der Waals surface area contributed by atoms with Crippen molar-refractivity contribution in [3.05, 3.63) is 46.4 Å². The van der Waals surface area contributed by atoms with Crippen LogP contribution in [-0.2, 0) is 12.6 Å². The standard InChI is InChI=1S/C14H10F4N2O2/c15-10-5-6(14(16,17)18)1-2-7(10)8-3-4-9-11(8)19-13(22)20-12(9)21/h1-2,5,8H,3-4H2,(H2,19,20,21,22). The Kier molecular flexibility index (Phi) is 3.19. The van der Waals surface area contributed by atoms with Crippen molar-refractivity contribution in [2.45, 2.75) is 24.9 Å². The summed E-state index contributed by atoms with van der Waals surface area (Å²) in [6.45, 7) is 0. The van der Waals surface area contributed by atoms with Gasteiger partial charge >= 0.3 is 12.2 Å². The zero-order valence-electron chi connectivity index (χ0n) is 11.0. The van der Waals surface area contributed by atoms with Crippen LogP contribution in [0.4, 0.5) is 17.6 Å². The van der Waals surface area contributed by atoms with Crippen LogP contribution >= 0.6 is 0 Å². The fraction of sp³-hybridized carbons (Fsp3) is 0.286. The highest BCUT2D eigenvalue weighted by atomic mass is 19.4. The van der Waals surface area contributed by atoms with E-state index in [1.807, 2.05) is 0 Å². The molecule has 0 fully saturated rings. The summed E-state index contributed by atoms with van der Waals surface area (Å²) < 4.78 is 51.8. The second-order valence-electron chi connectivity index (χ2n) is 5.04. The van der Waals surface area contributed by atoms with Crippen LogP contribution in [0.3, 0.4) is 0 Å². The number of alkyl halides is 3. The Hall–Kier alpha value is -2.38. The lowest BCUT2D eigenvalue weighted by Crippen LogP contribution is -2.08. The third kappa shape index (κ3) is 2.34. The SMILES string of the molecule is Oc1nc(O)c2c(n1)C(c1ccc(C(F)(F)F)cc1F)CC2. The van der Waals surface area contributed by atoms with Gasteiger partial charge in [-0.05, 0) is 30.5 Å². The summed E-state index contributed by atoms with van der Waals surface area (Å²) >= 11 is 0. The Morgan fingerprint density at radius 3 is 2.50 bits per heavy atom. The van der Waals surface area contributed by atoms with Gasteiger partial charge in [-0.15, -0.1) is 0 Å². The quantitative estimate of drug-likeness (QED) is 0.794. The van der Waals surface area contributed by atoms with Crippen LogP contribution < -0.4 is 0 Å². The minimum atomic E-state index is -4.62. The molecule has 0 saturated carbocycles. The third-order valence-electron chi connectivity index (χ3n) is 3.72. The van der Waals surface area contributed by atoms with E-state index in [1.54, 1.807) is 0 Å². The van der Waals surface area contributed by atoms with Crippen molar-refractivity contribution in [1.29, 1.82) is 0 Å². The number of nitrogens with zero attached hydrogens (tertiary/aromatic N) is 2. The maximum absolute atomic E-state index is 14.1. The molecule has 1 aromatic heterocycles. The van der Waals surface area contributed by atoms with E-state index in [1.165, 1.54) is 0 Å². The molecule has 22 heavy (non-hydrogen) atoms. The van der Waals surface area contributed by atoms with Gasteiger partial charge in [-0.25, -0.2) is 4.39 Å². The summed E-state index contributed by atoms with van der Waals surface area (Å²) in [7, 11) is 0. The van der Waals surface area contributed by atoms with Gasteiger partial charge in [0.25, 0.3) is 0 Å². The van der Waals surface area contributed by atoms with Crippen LogP contribution in [0.15, 0.2) is 18.2 Å². The monoisotopic (exact) mass is 314 g/mol. The smallest absolute Gasteiger partial charge is 0.416 e. The zero-order valence-corrected chi connectivity index (χ0v) is 11.0. The molecule has 1 unspecified atom stereocenters. The number of aromatic nitrogens is 2. The average Bonchev–Trinajstić information content (AvgIpc) is 2.81. The molecular formula is C14H10F4N2O2. The van der Waals surface area contributed by atoms with E-state index in [-0.39, 0.29) is 11.3 Å². The van der Waals surface area contributed by atoms with Crippen LogP contribution in [0.2, 0.25) is 0 Å². The average molecular weight is 314 g/mol.